The number of nitrogens with zero attached hydrogens (tertiary/aromatic N) is 2. The van der Waals surface area contributed by atoms with Gasteiger partial charge in [0.1, 0.15) is 5.82 Å². The van der Waals surface area contributed by atoms with Gasteiger partial charge in [-0.05, 0) is 73.3 Å². The van der Waals surface area contributed by atoms with Crippen LogP contribution in [0.3, 0.4) is 0 Å². The molecule has 0 aromatic heterocycles. The van der Waals surface area contributed by atoms with Crippen LogP contribution in [0.4, 0.5) is 9.18 Å². The lowest BCUT2D eigenvalue weighted by Gasteiger charge is -2.38. The molecule has 1 N–H and O–H groups in total. The zero-order valence-electron chi connectivity index (χ0n) is 18.3. The number of carbonyl (C=O) groups excluding carboxylic acids is 2. The number of carbonyl (C=O) groups is 2. The summed E-state index contributed by atoms with van der Waals surface area (Å²) in [5.41, 5.74) is 3.41. The van der Waals surface area contributed by atoms with Gasteiger partial charge in [0.25, 0.3) is 0 Å². The zero-order chi connectivity index (χ0) is 22.3. The summed E-state index contributed by atoms with van der Waals surface area (Å²) in [5.74, 6) is -0.742. The Hall–Kier alpha value is -2.93. The molecular formula is C25H28FN3O3. The fourth-order valence-electron chi connectivity index (χ4n) is 5.50. The summed E-state index contributed by atoms with van der Waals surface area (Å²) in [6.45, 7) is 4.50. The molecule has 168 valence electrons. The lowest BCUT2D eigenvalue weighted by atomic mass is 9.84. The number of fused-ring (bicyclic) bond motifs is 3. The number of urea groups is 1. The molecule has 2 aromatic carbocycles. The quantitative estimate of drug-likeness (QED) is 0.745. The van der Waals surface area contributed by atoms with E-state index < -0.39 is 12.0 Å². The van der Waals surface area contributed by atoms with Gasteiger partial charge in [0.2, 0.25) is 0 Å². The van der Waals surface area contributed by atoms with Gasteiger partial charge in [0.15, 0.2) is 0 Å². The molecule has 2 fully saturated rings. The van der Waals surface area contributed by atoms with E-state index in [4.69, 9.17) is 4.74 Å². The number of benzene rings is 2. The van der Waals surface area contributed by atoms with E-state index in [9.17, 15) is 14.0 Å². The van der Waals surface area contributed by atoms with Crippen molar-refractivity contribution in [3.8, 4) is 0 Å². The van der Waals surface area contributed by atoms with Crippen molar-refractivity contribution in [2.45, 2.75) is 25.3 Å². The maximum atomic E-state index is 13.6. The van der Waals surface area contributed by atoms with E-state index in [0.717, 1.165) is 49.2 Å². The maximum absolute atomic E-state index is 13.6. The fraction of sp³-hybridized carbons (Fsp3) is 0.440. The highest BCUT2D eigenvalue weighted by atomic mass is 19.1. The van der Waals surface area contributed by atoms with Crippen molar-refractivity contribution in [2.24, 2.45) is 5.41 Å². The summed E-state index contributed by atoms with van der Waals surface area (Å²) in [5, 5.41) is 3.20. The third-order valence-electron chi connectivity index (χ3n) is 7.33. The van der Waals surface area contributed by atoms with Gasteiger partial charge in [-0.25, -0.2) is 14.0 Å². The second-order valence-electron chi connectivity index (χ2n) is 9.24. The van der Waals surface area contributed by atoms with Crippen molar-refractivity contribution in [2.75, 3.05) is 39.8 Å². The third kappa shape index (κ3) is 3.75. The molecule has 0 spiro atoms. The number of halogens is 1. The molecule has 2 amide bonds. The molecule has 0 saturated carbocycles. The number of esters is 1. The van der Waals surface area contributed by atoms with E-state index in [-0.39, 0.29) is 17.3 Å². The molecule has 3 heterocycles. The molecule has 0 radical (unpaired) electrons. The van der Waals surface area contributed by atoms with Gasteiger partial charge in [-0.3, -0.25) is 0 Å². The Morgan fingerprint density at radius 3 is 2.53 bits per heavy atom. The van der Waals surface area contributed by atoms with Crippen LogP contribution in [-0.2, 0) is 11.2 Å². The minimum absolute atomic E-state index is 0.117. The third-order valence-corrected chi connectivity index (χ3v) is 7.33. The van der Waals surface area contributed by atoms with Gasteiger partial charge in [-0.15, -0.1) is 0 Å². The molecule has 2 aromatic rings. The van der Waals surface area contributed by atoms with Gasteiger partial charge >= 0.3 is 12.0 Å². The number of rotatable bonds is 4. The van der Waals surface area contributed by atoms with Crippen molar-refractivity contribution in [3.05, 3.63) is 70.5 Å². The minimum atomic E-state index is -0.418. The van der Waals surface area contributed by atoms with Crippen molar-refractivity contribution >= 4 is 12.0 Å². The summed E-state index contributed by atoms with van der Waals surface area (Å²) in [7, 11) is 1.35. The number of hydrogen-bond donors (Lipinski definition) is 1. The van der Waals surface area contributed by atoms with Crippen molar-refractivity contribution in [1.29, 1.82) is 0 Å². The molecule has 2 saturated heterocycles. The Bertz CT molecular complexity index is 1030. The smallest absolute Gasteiger partial charge is 0.337 e. The van der Waals surface area contributed by atoms with Crippen LogP contribution < -0.4 is 5.32 Å². The highest BCUT2D eigenvalue weighted by Crippen LogP contribution is 2.40. The Morgan fingerprint density at radius 1 is 1.12 bits per heavy atom. The maximum Gasteiger partial charge on any atom is 0.337 e. The Morgan fingerprint density at radius 2 is 1.88 bits per heavy atom. The summed E-state index contributed by atoms with van der Waals surface area (Å²) in [6, 6.07) is 11.2. The minimum Gasteiger partial charge on any atom is -0.465 e. The molecule has 2 bridgehead atoms. The monoisotopic (exact) mass is 437 g/mol. The van der Waals surface area contributed by atoms with Crippen LogP contribution in [-0.4, -0.2) is 61.6 Å². The Balaban J connectivity index is 1.45. The molecular weight excluding hydrogens is 409 g/mol. The first-order chi connectivity index (χ1) is 15.5. The number of piperidine rings is 1. The predicted molar refractivity (Wildman–Crippen MR) is 118 cm³/mol. The molecule has 6 nitrogen and oxygen atoms in total. The van der Waals surface area contributed by atoms with E-state index in [1.54, 1.807) is 24.3 Å². The molecule has 3 aliphatic rings. The van der Waals surface area contributed by atoms with Gasteiger partial charge in [0, 0.05) is 25.0 Å². The van der Waals surface area contributed by atoms with Crippen molar-refractivity contribution < 1.29 is 18.7 Å². The van der Waals surface area contributed by atoms with E-state index in [1.807, 2.05) is 11.0 Å². The first-order valence-corrected chi connectivity index (χ1v) is 11.2. The summed E-state index contributed by atoms with van der Waals surface area (Å²) in [4.78, 5) is 29.8. The average Bonchev–Trinajstić information content (AvgIpc) is 3.43. The van der Waals surface area contributed by atoms with E-state index >= 15 is 0 Å². The summed E-state index contributed by atoms with van der Waals surface area (Å²) < 4.78 is 18.5. The molecule has 0 aliphatic carbocycles. The number of nitrogens with one attached hydrogen (secondary N) is 1. The standard InChI is InChI=1S/C25H28FN3O3/c1-32-23(30)19-3-2-17-8-11-29(22(21(17)14-19)18-4-6-20(26)7-5-18)24(31)27-15-25-9-12-28(16-25)13-10-25/h2-7,14,22H,8-13,15-16H2,1H3,(H,27,31)/t22-/m0/s1. The van der Waals surface area contributed by atoms with Gasteiger partial charge in [0.05, 0.1) is 18.7 Å². The normalized spacial score (nSPS) is 26.0. The fourth-order valence-corrected chi connectivity index (χ4v) is 5.50. The van der Waals surface area contributed by atoms with Crippen LogP contribution in [0.2, 0.25) is 0 Å². The van der Waals surface area contributed by atoms with Gasteiger partial charge in [-0.2, -0.15) is 0 Å². The number of amides is 2. The summed E-state index contributed by atoms with van der Waals surface area (Å²) in [6.07, 6.45) is 2.95. The zero-order valence-corrected chi connectivity index (χ0v) is 18.3. The van der Waals surface area contributed by atoms with Crippen LogP contribution in [0.15, 0.2) is 42.5 Å². The van der Waals surface area contributed by atoms with Crippen LogP contribution in [0, 0.1) is 11.2 Å². The molecule has 1 atom stereocenters. The summed E-state index contributed by atoms with van der Waals surface area (Å²) >= 11 is 0. The first kappa shape index (κ1) is 20.9. The predicted octanol–water partition coefficient (Wildman–Crippen LogP) is 3.37. The highest BCUT2D eigenvalue weighted by Gasteiger charge is 2.44. The van der Waals surface area contributed by atoms with Gasteiger partial charge < -0.3 is 19.9 Å². The van der Waals surface area contributed by atoms with Crippen LogP contribution in [0.5, 0.6) is 0 Å². The largest absolute Gasteiger partial charge is 0.465 e. The second kappa shape index (κ2) is 8.20. The lowest BCUT2D eigenvalue weighted by molar-refractivity contribution is 0.0600. The van der Waals surface area contributed by atoms with E-state index in [1.165, 1.54) is 19.2 Å². The van der Waals surface area contributed by atoms with E-state index in [2.05, 4.69) is 10.2 Å². The molecule has 5 rings (SSSR count). The molecule has 7 heteroatoms. The lowest BCUT2D eigenvalue weighted by Crippen LogP contribution is -2.48. The first-order valence-electron chi connectivity index (χ1n) is 11.2. The Kier molecular flexibility index (Phi) is 5.37. The van der Waals surface area contributed by atoms with Crippen molar-refractivity contribution in [3.63, 3.8) is 0 Å². The SMILES string of the molecule is COC(=O)c1ccc2c(c1)[C@H](c1ccc(F)cc1)N(C(=O)NCC13CCN(CC1)C3)CC2. The Labute approximate surface area is 187 Å². The number of methoxy groups -OCH3 is 1. The van der Waals surface area contributed by atoms with Gasteiger partial charge in [-0.1, -0.05) is 18.2 Å². The number of hydrogen-bond acceptors (Lipinski definition) is 4. The van der Waals surface area contributed by atoms with Crippen LogP contribution in [0.1, 0.15) is 45.9 Å². The molecule has 32 heavy (non-hydrogen) atoms. The number of ether oxygens (including phenoxy) is 1. The van der Waals surface area contributed by atoms with Crippen LogP contribution in [0.25, 0.3) is 0 Å². The van der Waals surface area contributed by atoms with Crippen LogP contribution >= 0.6 is 0 Å². The topological polar surface area (TPSA) is 61.9 Å². The van der Waals surface area contributed by atoms with Crippen molar-refractivity contribution in [1.82, 2.24) is 15.1 Å². The molecule has 0 unspecified atom stereocenters. The average molecular weight is 438 g/mol. The van der Waals surface area contributed by atoms with E-state index in [0.29, 0.717) is 25.1 Å². The second-order valence-corrected chi connectivity index (χ2v) is 9.24. The highest BCUT2D eigenvalue weighted by molar-refractivity contribution is 5.90. The molecule has 3 aliphatic heterocycles.